The van der Waals surface area contributed by atoms with Crippen molar-refractivity contribution >= 4 is 5.97 Å². The third-order valence-corrected chi connectivity index (χ3v) is 11.5. The minimum absolute atomic E-state index is 0.178. The van der Waals surface area contributed by atoms with Crippen LogP contribution in [0.1, 0.15) is 258 Å². The van der Waals surface area contributed by atoms with E-state index in [-0.39, 0.29) is 12.6 Å². The van der Waals surface area contributed by atoms with Gasteiger partial charge in [-0.05, 0) is 83.5 Å². The van der Waals surface area contributed by atoms with Gasteiger partial charge in [0.05, 0.1) is 13.2 Å². The summed E-state index contributed by atoms with van der Waals surface area (Å²) in [5, 5.41) is 9.66. The number of esters is 1. The molecule has 0 spiro atoms. The number of aliphatic hydroxyl groups excluding tert-OH is 1. The summed E-state index contributed by atoms with van der Waals surface area (Å²) in [6, 6.07) is 0. The smallest absolute Gasteiger partial charge is 0.306 e. The first-order chi connectivity index (χ1) is 30.2. The third kappa shape index (κ3) is 52.1. The van der Waals surface area contributed by atoms with Crippen molar-refractivity contribution in [2.45, 2.75) is 264 Å². The quantitative estimate of drug-likeness (QED) is 0.0376. The molecule has 0 aliphatic rings. The van der Waals surface area contributed by atoms with Crippen LogP contribution in [0.3, 0.4) is 0 Å². The van der Waals surface area contributed by atoms with Gasteiger partial charge in [0.1, 0.15) is 6.10 Å². The van der Waals surface area contributed by atoms with Gasteiger partial charge in [-0.15, -0.1) is 0 Å². The standard InChI is InChI=1S/C57H102O4/c1-3-5-7-9-11-13-15-17-19-21-23-25-27-28-29-31-33-35-37-39-41-43-45-47-49-51-53-60-55-56(54-58)61-57(59)52-50-48-46-44-42-40-38-36-34-32-30-26-24-22-20-18-16-14-12-10-8-6-4-2/h6,8,12,14,18,20-21,23-24,26,32,34,56,58H,3-5,7,9-11,13,15-17,19,22,25,27-31,33,35-55H2,1-2H3/b8-6-,14-12-,20-18-,23-21-,26-24-,34-32-. The largest absolute Gasteiger partial charge is 0.457 e. The molecule has 0 saturated heterocycles. The highest BCUT2D eigenvalue weighted by atomic mass is 16.6. The molecule has 4 nitrogen and oxygen atoms in total. The fourth-order valence-electron chi connectivity index (χ4n) is 7.59. The number of rotatable bonds is 49. The molecule has 4 heteroatoms. The van der Waals surface area contributed by atoms with Crippen LogP contribution in [0.4, 0.5) is 0 Å². The van der Waals surface area contributed by atoms with Crippen molar-refractivity contribution in [3.05, 3.63) is 72.9 Å². The molecule has 0 aliphatic heterocycles. The molecule has 0 heterocycles. The molecule has 0 aliphatic carbocycles. The van der Waals surface area contributed by atoms with Gasteiger partial charge in [-0.1, -0.05) is 241 Å². The van der Waals surface area contributed by atoms with Gasteiger partial charge >= 0.3 is 5.97 Å². The van der Waals surface area contributed by atoms with Crippen LogP contribution in [0.25, 0.3) is 0 Å². The van der Waals surface area contributed by atoms with Crippen LogP contribution in [0, 0.1) is 0 Å². The number of hydrogen-bond acceptors (Lipinski definition) is 4. The summed E-state index contributed by atoms with van der Waals surface area (Å²) in [4.78, 5) is 12.3. The molecule has 354 valence electrons. The van der Waals surface area contributed by atoms with Gasteiger partial charge in [0, 0.05) is 13.0 Å². The Morgan fingerprint density at radius 2 is 0.738 bits per heavy atom. The summed E-state index contributed by atoms with van der Waals surface area (Å²) in [5.74, 6) is -0.210. The summed E-state index contributed by atoms with van der Waals surface area (Å²) in [6.07, 6.45) is 74.3. The molecular weight excluding hydrogens is 749 g/mol. The number of ether oxygens (including phenoxy) is 2. The average Bonchev–Trinajstić information content (AvgIpc) is 3.27. The van der Waals surface area contributed by atoms with E-state index < -0.39 is 6.10 Å². The van der Waals surface area contributed by atoms with E-state index >= 15 is 0 Å². The minimum Gasteiger partial charge on any atom is -0.457 e. The third-order valence-electron chi connectivity index (χ3n) is 11.5. The summed E-state index contributed by atoms with van der Waals surface area (Å²) in [6.45, 7) is 5.24. The van der Waals surface area contributed by atoms with Crippen molar-refractivity contribution in [3.8, 4) is 0 Å². The molecule has 0 saturated carbocycles. The maximum atomic E-state index is 12.3. The van der Waals surface area contributed by atoms with Crippen LogP contribution in [-0.2, 0) is 14.3 Å². The van der Waals surface area contributed by atoms with Crippen LogP contribution < -0.4 is 0 Å². The molecule has 1 unspecified atom stereocenters. The summed E-state index contributed by atoms with van der Waals surface area (Å²) >= 11 is 0. The maximum Gasteiger partial charge on any atom is 0.306 e. The normalized spacial score (nSPS) is 12.9. The zero-order valence-electron chi connectivity index (χ0n) is 40.7. The lowest BCUT2D eigenvalue weighted by Gasteiger charge is -2.16. The molecule has 0 bridgehead atoms. The van der Waals surface area contributed by atoms with Crippen molar-refractivity contribution in [2.75, 3.05) is 19.8 Å². The van der Waals surface area contributed by atoms with Crippen molar-refractivity contribution in [1.82, 2.24) is 0 Å². The van der Waals surface area contributed by atoms with Gasteiger partial charge < -0.3 is 14.6 Å². The van der Waals surface area contributed by atoms with Gasteiger partial charge in [-0.25, -0.2) is 0 Å². The number of aliphatic hydroxyl groups is 1. The highest BCUT2D eigenvalue weighted by Crippen LogP contribution is 2.15. The topological polar surface area (TPSA) is 55.8 Å². The lowest BCUT2D eigenvalue weighted by Crippen LogP contribution is -2.27. The van der Waals surface area contributed by atoms with Crippen LogP contribution in [0.2, 0.25) is 0 Å². The molecule has 0 aromatic heterocycles. The van der Waals surface area contributed by atoms with Gasteiger partial charge in [-0.2, -0.15) is 0 Å². The lowest BCUT2D eigenvalue weighted by atomic mass is 10.0. The van der Waals surface area contributed by atoms with Crippen molar-refractivity contribution < 1.29 is 19.4 Å². The first kappa shape index (κ1) is 58.8. The number of unbranched alkanes of at least 4 members (excludes halogenated alkanes) is 29. The van der Waals surface area contributed by atoms with E-state index in [1.165, 1.54) is 180 Å². The first-order valence-electron chi connectivity index (χ1n) is 26.5. The van der Waals surface area contributed by atoms with E-state index in [1.807, 2.05) is 0 Å². The van der Waals surface area contributed by atoms with E-state index in [4.69, 9.17) is 9.47 Å². The molecule has 61 heavy (non-hydrogen) atoms. The van der Waals surface area contributed by atoms with Crippen molar-refractivity contribution in [3.63, 3.8) is 0 Å². The van der Waals surface area contributed by atoms with E-state index in [2.05, 4.69) is 86.8 Å². The zero-order chi connectivity index (χ0) is 44.0. The molecule has 0 rings (SSSR count). The lowest BCUT2D eigenvalue weighted by molar-refractivity contribution is -0.154. The predicted octanol–water partition coefficient (Wildman–Crippen LogP) is 18.1. The van der Waals surface area contributed by atoms with Crippen molar-refractivity contribution in [1.29, 1.82) is 0 Å². The second-order valence-corrected chi connectivity index (χ2v) is 17.6. The molecule has 0 radical (unpaired) electrons. The Hall–Kier alpha value is -2.17. The van der Waals surface area contributed by atoms with Crippen LogP contribution in [0.5, 0.6) is 0 Å². The zero-order valence-corrected chi connectivity index (χ0v) is 40.7. The van der Waals surface area contributed by atoms with Gasteiger partial charge in [-0.3, -0.25) is 4.79 Å². The minimum atomic E-state index is -0.544. The molecule has 0 amide bonds. The van der Waals surface area contributed by atoms with Crippen molar-refractivity contribution in [2.24, 2.45) is 0 Å². The van der Waals surface area contributed by atoms with E-state index in [9.17, 15) is 9.90 Å². The maximum absolute atomic E-state index is 12.3. The highest BCUT2D eigenvalue weighted by molar-refractivity contribution is 5.69. The van der Waals surface area contributed by atoms with Gasteiger partial charge in [0.2, 0.25) is 0 Å². The fourth-order valence-corrected chi connectivity index (χ4v) is 7.59. The van der Waals surface area contributed by atoms with Crippen LogP contribution in [-0.4, -0.2) is 37.0 Å². The Bertz CT molecular complexity index is 1040. The van der Waals surface area contributed by atoms with E-state index in [0.29, 0.717) is 19.6 Å². The monoisotopic (exact) mass is 851 g/mol. The van der Waals surface area contributed by atoms with Gasteiger partial charge in [0.25, 0.3) is 0 Å². The second-order valence-electron chi connectivity index (χ2n) is 17.6. The van der Waals surface area contributed by atoms with Crippen LogP contribution >= 0.6 is 0 Å². The summed E-state index contributed by atoms with van der Waals surface area (Å²) in [5.41, 5.74) is 0. The number of hydrogen-bond donors (Lipinski definition) is 1. The Balaban J connectivity index is 3.43. The predicted molar refractivity (Wildman–Crippen MR) is 269 cm³/mol. The fraction of sp³-hybridized carbons (Fsp3) is 0.772. The number of allylic oxidation sites excluding steroid dienone is 12. The molecule has 1 atom stereocenters. The second kappa shape index (κ2) is 54.0. The first-order valence-corrected chi connectivity index (χ1v) is 26.5. The van der Waals surface area contributed by atoms with E-state index in [0.717, 1.165) is 57.8 Å². The summed E-state index contributed by atoms with van der Waals surface area (Å²) in [7, 11) is 0. The number of carbonyl (C=O) groups is 1. The Labute approximate surface area is 380 Å². The Kier molecular flexibility index (Phi) is 52.0. The van der Waals surface area contributed by atoms with Gasteiger partial charge in [0.15, 0.2) is 0 Å². The average molecular weight is 851 g/mol. The summed E-state index contributed by atoms with van der Waals surface area (Å²) < 4.78 is 11.2. The van der Waals surface area contributed by atoms with Crippen LogP contribution in [0.15, 0.2) is 72.9 Å². The molecule has 0 fully saturated rings. The number of carbonyl (C=O) groups excluding carboxylic acids is 1. The Morgan fingerprint density at radius 3 is 1.13 bits per heavy atom. The highest BCUT2D eigenvalue weighted by Gasteiger charge is 2.13. The Morgan fingerprint density at radius 1 is 0.410 bits per heavy atom. The molecular formula is C57H102O4. The molecule has 1 N–H and O–H groups in total. The molecule has 0 aromatic rings. The molecule has 0 aromatic carbocycles. The SMILES string of the molecule is CC/C=C\C/C=C\C/C=C\C/C=C\C/C=C\CCCCCCCCCC(=O)OC(CO)COCCCCCCCCCCCCCCCC/C=C\CCCCCCCCCC. The van der Waals surface area contributed by atoms with E-state index in [1.54, 1.807) is 0 Å².